The lowest BCUT2D eigenvalue weighted by Crippen LogP contribution is -2.49. The Morgan fingerprint density at radius 1 is 1.21 bits per heavy atom. The smallest absolute Gasteiger partial charge is 0.407 e. The molecule has 1 atom stereocenters. The van der Waals surface area contributed by atoms with Gasteiger partial charge in [0.1, 0.15) is 0 Å². The van der Waals surface area contributed by atoms with Gasteiger partial charge in [-0.3, -0.25) is 14.6 Å². The second-order valence-corrected chi connectivity index (χ2v) is 8.80. The minimum Gasteiger partial charge on any atom is -0.450 e. The Bertz CT molecular complexity index is 682. The highest BCUT2D eigenvalue weighted by Gasteiger charge is 2.23. The number of ether oxygens (including phenoxy) is 1. The fourth-order valence-electron chi connectivity index (χ4n) is 3.82. The van der Waals surface area contributed by atoms with Crippen LogP contribution in [-0.4, -0.2) is 78.7 Å². The molecule has 0 aliphatic carbocycles. The van der Waals surface area contributed by atoms with Gasteiger partial charge in [-0.25, -0.2) is 4.79 Å². The normalized spacial score (nSPS) is 20.8. The van der Waals surface area contributed by atoms with Gasteiger partial charge in [0.05, 0.1) is 13.2 Å². The summed E-state index contributed by atoms with van der Waals surface area (Å²) in [5.74, 6) is 2.37. The van der Waals surface area contributed by atoms with Crippen LogP contribution in [0.2, 0.25) is 0 Å². The molecule has 29 heavy (non-hydrogen) atoms. The van der Waals surface area contributed by atoms with Crippen LogP contribution in [0.5, 0.6) is 0 Å². The van der Waals surface area contributed by atoms with E-state index in [1.165, 1.54) is 17.1 Å². The van der Waals surface area contributed by atoms with Gasteiger partial charge >= 0.3 is 6.09 Å². The molecule has 0 bridgehead atoms. The lowest BCUT2D eigenvalue weighted by Gasteiger charge is -2.32. The third kappa shape index (κ3) is 7.53. The minimum absolute atomic E-state index is 0.0201. The molecule has 2 aliphatic rings. The van der Waals surface area contributed by atoms with E-state index in [-0.39, 0.29) is 18.0 Å². The lowest BCUT2D eigenvalue weighted by atomic mass is 10.1. The number of hydrogen-bond acceptors (Lipinski definition) is 6. The van der Waals surface area contributed by atoms with E-state index in [1.807, 2.05) is 23.9 Å². The van der Waals surface area contributed by atoms with Gasteiger partial charge in [0, 0.05) is 49.4 Å². The van der Waals surface area contributed by atoms with E-state index in [1.54, 1.807) is 6.92 Å². The number of rotatable bonds is 7. The molecule has 0 spiro atoms. The zero-order chi connectivity index (χ0) is 20.5. The van der Waals surface area contributed by atoms with Crippen LogP contribution in [0.15, 0.2) is 24.3 Å². The molecular formula is C21H32N4O3S. The van der Waals surface area contributed by atoms with Crippen LogP contribution in [0.3, 0.4) is 0 Å². The molecule has 3 rings (SSSR count). The number of anilines is 1. The molecule has 2 aliphatic heterocycles. The van der Waals surface area contributed by atoms with Gasteiger partial charge in [-0.05, 0) is 44.0 Å². The third-order valence-electron chi connectivity index (χ3n) is 5.19. The first kappa shape index (κ1) is 21.9. The van der Waals surface area contributed by atoms with Crippen LogP contribution in [-0.2, 0) is 16.1 Å². The summed E-state index contributed by atoms with van der Waals surface area (Å²) in [6, 6.07) is 8.16. The highest BCUT2D eigenvalue weighted by molar-refractivity contribution is 7.99. The summed E-state index contributed by atoms with van der Waals surface area (Å²) in [5, 5.41) is 5.91. The SMILES string of the molecule is CCOC(=O)NC1CCCN(CC(=O)Nc2cccc(CN3CCSCC3)c2)C1. The topological polar surface area (TPSA) is 73.9 Å². The predicted molar refractivity (Wildman–Crippen MR) is 117 cm³/mol. The van der Waals surface area contributed by atoms with E-state index in [4.69, 9.17) is 4.74 Å². The standard InChI is InChI=1S/C21H32N4O3S/c1-2-28-21(27)23-19-7-4-8-25(15-19)16-20(26)22-18-6-3-5-17(13-18)14-24-9-11-29-12-10-24/h3,5-6,13,19H,2,4,7-12,14-16H2,1H3,(H,22,26)(H,23,27). The van der Waals surface area contributed by atoms with Crippen molar-refractivity contribution >= 4 is 29.4 Å². The quantitative estimate of drug-likeness (QED) is 0.706. The molecule has 0 aromatic heterocycles. The zero-order valence-electron chi connectivity index (χ0n) is 17.2. The molecule has 1 unspecified atom stereocenters. The van der Waals surface area contributed by atoms with E-state index in [0.717, 1.165) is 44.7 Å². The van der Waals surface area contributed by atoms with Crippen LogP contribution in [0, 0.1) is 0 Å². The first-order valence-electron chi connectivity index (χ1n) is 10.5. The van der Waals surface area contributed by atoms with Gasteiger partial charge in [0.2, 0.25) is 5.91 Å². The molecule has 160 valence electrons. The Morgan fingerprint density at radius 3 is 2.83 bits per heavy atom. The molecule has 7 nitrogen and oxygen atoms in total. The van der Waals surface area contributed by atoms with Crippen molar-refractivity contribution in [3.63, 3.8) is 0 Å². The molecule has 8 heteroatoms. The fraction of sp³-hybridized carbons (Fsp3) is 0.619. The summed E-state index contributed by atoms with van der Waals surface area (Å²) < 4.78 is 4.95. The van der Waals surface area contributed by atoms with Gasteiger partial charge < -0.3 is 15.4 Å². The third-order valence-corrected chi connectivity index (χ3v) is 6.13. The van der Waals surface area contributed by atoms with Gasteiger partial charge in [0.15, 0.2) is 0 Å². The maximum Gasteiger partial charge on any atom is 0.407 e. The van der Waals surface area contributed by atoms with Crippen molar-refractivity contribution in [2.45, 2.75) is 32.4 Å². The maximum absolute atomic E-state index is 12.5. The van der Waals surface area contributed by atoms with E-state index < -0.39 is 0 Å². The van der Waals surface area contributed by atoms with E-state index in [9.17, 15) is 9.59 Å². The molecule has 2 saturated heterocycles. The molecular weight excluding hydrogens is 388 g/mol. The molecule has 2 N–H and O–H groups in total. The van der Waals surface area contributed by atoms with Gasteiger partial charge in [-0.1, -0.05) is 12.1 Å². The molecule has 2 fully saturated rings. The number of amides is 2. The first-order valence-corrected chi connectivity index (χ1v) is 11.6. The number of nitrogens with one attached hydrogen (secondary N) is 2. The average Bonchev–Trinajstić information content (AvgIpc) is 2.69. The Kier molecular flexibility index (Phi) is 8.64. The Balaban J connectivity index is 1.46. The van der Waals surface area contributed by atoms with Crippen molar-refractivity contribution in [2.24, 2.45) is 0 Å². The van der Waals surface area contributed by atoms with Crippen molar-refractivity contribution in [2.75, 3.05) is 56.2 Å². The van der Waals surface area contributed by atoms with Gasteiger partial charge in [-0.2, -0.15) is 11.8 Å². The van der Waals surface area contributed by atoms with E-state index in [0.29, 0.717) is 19.7 Å². The van der Waals surface area contributed by atoms with Crippen molar-refractivity contribution in [1.82, 2.24) is 15.1 Å². The fourth-order valence-corrected chi connectivity index (χ4v) is 4.80. The number of nitrogens with zero attached hydrogens (tertiary/aromatic N) is 2. The number of thioether (sulfide) groups is 1. The summed E-state index contributed by atoms with van der Waals surface area (Å²) >= 11 is 2.01. The summed E-state index contributed by atoms with van der Waals surface area (Å²) in [5.41, 5.74) is 2.07. The largest absolute Gasteiger partial charge is 0.450 e. The molecule has 0 radical (unpaired) electrons. The number of benzene rings is 1. The highest BCUT2D eigenvalue weighted by Crippen LogP contribution is 2.16. The molecule has 1 aromatic rings. The Hall–Kier alpha value is -1.77. The van der Waals surface area contributed by atoms with E-state index >= 15 is 0 Å². The van der Waals surface area contributed by atoms with E-state index in [2.05, 4.69) is 32.6 Å². The van der Waals surface area contributed by atoms with Crippen LogP contribution < -0.4 is 10.6 Å². The molecule has 2 heterocycles. The average molecular weight is 421 g/mol. The van der Waals surface area contributed by atoms with Crippen molar-refractivity contribution in [1.29, 1.82) is 0 Å². The predicted octanol–water partition coefficient (Wildman–Crippen LogP) is 2.38. The summed E-state index contributed by atoms with van der Waals surface area (Å²) in [6.45, 7) is 7.18. The van der Waals surface area contributed by atoms with Crippen molar-refractivity contribution in [3.05, 3.63) is 29.8 Å². The van der Waals surface area contributed by atoms with Crippen LogP contribution in [0.4, 0.5) is 10.5 Å². The summed E-state index contributed by atoms with van der Waals surface area (Å²) in [4.78, 5) is 28.7. The minimum atomic E-state index is -0.382. The van der Waals surface area contributed by atoms with Crippen LogP contribution in [0.1, 0.15) is 25.3 Å². The van der Waals surface area contributed by atoms with Gasteiger partial charge in [0.25, 0.3) is 0 Å². The first-order chi connectivity index (χ1) is 14.1. The number of hydrogen-bond donors (Lipinski definition) is 2. The summed E-state index contributed by atoms with van der Waals surface area (Å²) in [6.07, 6.45) is 1.48. The number of piperidine rings is 1. The van der Waals surface area contributed by atoms with Gasteiger partial charge in [-0.15, -0.1) is 0 Å². The monoisotopic (exact) mass is 420 g/mol. The number of alkyl carbamates (subject to hydrolysis) is 1. The lowest BCUT2D eigenvalue weighted by molar-refractivity contribution is -0.117. The van der Waals surface area contributed by atoms with Crippen molar-refractivity contribution < 1.29 is 14.3 Å². The highest BCUT2D eigenvalue weighted by atomic mass is 32.2. The second kappa shape index (κ2) is 11.4. The number of carbonyl (C=O) groups excluding carboxylic acids is 2. The van der Waals surface area contributed by atoms with Crippen LogP contribution >= 0.6 is 11.8 Å². The summed E-state index contributed by atoms with van der Waals surface area (Å²) in [7, 11) is 0. The molecule has 1 aromatic carbocycles. The van der Waals surface area contributed by atoms with Crippen LogP contribution in [0.25, 0.3) is 0 Å². The molecule has 0 saturated carbocycles. The van der Waals surface area contributed by atoms with Crippen molar-refractivity contribution in [3.8, 4) is 0 Å². The second-order valence-electron chi connectivity index (χ2n) is 7.58. The number of likely N-dealkylation sites (tertiary alicyclic amines) is 1. The number of carbonyl (C=O) groups is 2. The maximum atomic E-state index is 12.5. The Labute approximate surface area is 177 Å². The molecule has 2 amide bonds. The Morgan fingerprint density at radius 2 is 2.03 bits per heavy atom. The zero-order valence-corrected chi connectivity index (χ0v) is 18.0.